The largest absolute Gasteiger partial charge is 0.489 e. The predicted octanol–water partition coefficient (Wildman–Crippen LogP) is 5.21. The van der Waals surface area contributed by atoms with Crippen LogP contribution in [0.15, 0.2) is 84.0 Å². The molecule has 0 aliphatic heterocycles. The van der Waals surface area contributed by atoms with E-state index in [1.807, 2.05) is 48.5 Å². The van der Waals surface area contributed by atoms with Gasteiger partial charge in [0.2, 0.25) is 0 Å². The lowest BCUT2D eigenvalue weighted by Gasteiger charge is -2.07. The Kier molecular flexibility index (Phi) is 6.57. The Balaban J connectivity index is 1.38. The standard InChI is InChI=1S/C24H18ClFN4O2/c25-19-8-4-17(5-9-19)15-32-21-3-1-2-18(12-21)22-13-23(29-28-22)24(31)30-27-14-16-6-10-20(26)11-7-16/h1-14H,15H2,(H,28,29)(H,30,31)/b27-14-. The van der Waals surface area contributed by atoms with Crippen molar-refractivity contribution in [3.8, 4) is 17.0 Å². The summed E-state index contributed by atoms with van der Waals surface area (Å²) in [5.41, 5.74) is 5.71. The van der Waals surface area contributed by atoms with Gasteiger partial charge in [-0.3, -0.25) is 9.89 Å². The number of hydrazone groups is 1. The molecule has 0 unspecified atom stereocenters. The average Bonchev–Trinajstić information content (AvgIpc) is 3.31. The van der Waals surface area contributed by atoms with Gasteiger partial charge in [0, 0.05) is 10.6 Å². The van der Waals surface area contributed by atoms with Gasteiger partial charge in [0.25, 0.3) is 5.91 Å². The molecule has 4 aromatic rings. The number of nitrogens with one attached hydrogen (secondary N) is 2. The smallest absolute Gasteiger partial charge is 0.289 e. The first kappa shape index (κ1) is 21.3. The molecule has 32 heavy (non-hydrogen) atoms. The van der Waals surface area contributed by atoms with Crippen molar-refractivity contribution in [2.24, 2.45) is 5.10 Å². The maximum absolute atomic E-state index is 12.9. The second-order valence-corrected chi connectivity index (χ2v) is 7.30. The van der Waals surface area contributed by atoms with Crippen molar-refractivity contribution in [1.29, 1.82) is 0 Å². The Morgan fingerprint density at radius 1 is 1.09 bits per heavy atom. The number of aromatic nitrogens is 2. The lowest BCUT2D eigenvalue weighted by atomic mass is 10.1. The summed E-state index contributed by atoms with van der Waals surface area (Å²) in [5.74, 6) is -0.108. The second-order valence-electron chi connectivity index (χ2n) is 6.86. The monoisotopic (exact) mass is 448 g/mol. The molecule has 0 radical (unpaired) electrons. The minimum absolute atomic E-state index is 0.253. The molecule has 0 saturated heterocycles. The molecule has 2 N–H and O–H groups in total. The summed E-state index contributed by atoms with van der Waals surface area (Å²) in [7, 11) is 0. The van der Waals surface area contributed by atoms with E-state index in [9.17, 15) is 9.18 Å². The van der Waals surface area contributed by atoms with E-state index in [-0.39, 0.29) is 11.5 Å². The molecular formula is C24H18ClFN4O2. The van der Waals surface area contributed by atoms with Crippen LogP contribution in [0.25, 0.3) is 11.3 Å². The van der Waals surface area contributed by atoms with Gasteiger partial charge in [0.15, 0.2) is 0 Å². The van der Waals surface area contributed by atoms with E-state index in [2.05, 4.69) is 20.7 Å². The van der Waals surface area contributed by atoms with Crippen molar-refractivity contribution in [1.82, 2.24) is 15.6 Å². The van der Waals surface area contributed by atoms with Gasteiger partial charge in [-0.1, -0.05) is 48.0 Å². The molecular weight excluding hydrogens is 431 g/mol. The normalized spacial score (nSPS) is 10.9. The molecule has 0 aliphatic rings. The molecule has 8 heteroatoms. The van der Waals surface area contributed by atoms with Gasteiger partial charge in [0.05, 0.1) is 11.9 Å². The van der Waals surface area contributed by atoms with E-state index >= 15 is 0 Å². The number of nitrogens with zero attached hydrogens (tertiary/aromatic N) is 2. The van der Waals surface area contributed by atoms with Gasteiger partial charge in [-0.25, -0.2) is 9.82 Å². The van der Waals surface area contributed by atoms with Crippen LogP contribution >= 0.6 is 11.6 Å². The number of hydrogen-bond donors (Lipinski definition) is 2. The van der Waals surface area contributed by atoms with E-state index in [1.165, 1.54) is 18.3 Å². The first-order valence-corrected chi connectivity index (χ1v) is 10.1. The van der Waals surface area contributed by atoms with E-state index in [1.54, 1.807) is 18.2 Å². The Hall–Kier alpha value is -3.97. The fraction of sp³-hybridized carbons (Fsp3) is 0.0417. The van der Waals surface area contributed by atoms with Crippen LogP contribution in [0.5, 0.6) is 5.75 Å². The molecule has 1 amide bonds. The number of carbonyl (C=O) groups excluding carboxylic acids is 1. The van der Waals surface area contributed by atoms with Crippen molar-refractivity contribution in [2.75, 3.05) is 0 Å². The molecule has 6 nitrogen and oxygen atoms in total. The fourth-order valence-electron chi connectivity index (χ4n) is 2.85. The number of ether oxygens (including phenoxy) is 1. The van der Waals surface area contributed by atoms with Crippen LogP contribution in [0.3, 0.4) is 0 Å². The Labute approximate surface area is 188 Å². The minimum atomic E-state index is -0.447. The van der Waals surface area contributed by atoms with Gasteiger partial charge in [-0.05, 0) is 53.6 Å². The van der Waals surface area contributed by atoms with Crippen molar-refractivity contribution in [3.05, 3.63) is 107 Å². The fourth-order valence-corrected chi connectivity index (χ4v) is 2.98. The average molecular weight is 449 g/mol. The molecule has 0 saturated carbocycles. The number of carbonyl (C=O) groups is 1. The number of hydrogen-bond acceptors (Lipinski definition) is 4. The van der Waals surface area contributed by atoms with Gasteiger partial charge in [0.1, 0.15) is 23.9 Å². The van der Waals surface area contributed by atoms with Crippen molar-refractivity contribution < 1.29 is 13.9 Å². The van der Waals surface area contributed by atoms with Crippen molar-refractivity contribution >= 4 is 23.7 Å². The van der Waals surface area contributed by atoms with Gasteiger partial charge >= 0.3 is 0 Å². The highest BCUT2D eigenvalue weighted by molar-refractivity contribution is 6.30. The highest BCUT2D eigenvalue weighted by atomic mass is 35.5. The lowest BCUT2D eigenvalue weighted by Crippen LogP contribution is -2.17. The third-order valence-corrected chi connectivity index (χ3v) is 4.77. The van der Waals surface area contributed by atoms with Crippen LogP contribution in [0.2, 0.25) is 5.02 Å². The Morgan fingerprint density at radius 2 is 1.88 bits per heavy atom. The lowest BCUT2D eigenvalue weighted by molar-refractivity contribution is 0.0950. The number of rotatable bonds is 7. The van der Waals surface area contributed by atoms with Crippen LogP contribution in [0.1, 0.15) is 21.6 Å². The highest BCUT2D eigenvalue weighted by Crippen LogP contribution is 2.23. The molecule has 0 spiro atoms. The maximum atomic E-state index is 12.9. The zero-order chi connectivity index (χ0) is 22.3. The van der Waals surface area contributed by atoms with E-state index in [0.29, 0.717) is 28.6 Å². The maximum Gasteiger partial charge on any atom is 0.289 e. The summed E-state index contributed by atoms with van der Waals surface area (Å²) in [6, 6.07) is 22.2. The van der Waals surface area contributed by atoms with Crippen LogP contribution in [-0.2, 0) is 6.61 Å². The molecule has 160 valence electrons. The summed E-state index contributed by atoms with van der Waals surface area (Å²) < 4.78 is 18.8. The van der Waals surface area contributed by atoms with Crippen molar-refractivity contribution in [2.45, 2.75) is 6.61 Å². The molecule has 0 atom stereocenters. The van der Waals surface area contributed by atoms with Crippen LogP contribution < -0.4 is 10.2 Å². The molecule has 0 aliphatic carbocycles. The molecule has 1 aromatic heterocycles. The van der Waals surface area contributed by atoms with E-state index in [4.69, 9.17) is 16.3 Å². The number of H-pyrrole nitrogens is 1. The van der Waals surface area contributed by atoms with E-state index in [0.717, 1.165) is 11.1 Å². The SMILES string of the molecule is O=C(N/N=C\c1ccc(F)cc1)c1cc(-c2cccc(OCc3ccc(Cl)cc3)c2)n[nH]1. The second kappa shape index (κ2) is 9.89. The minimum Gasteiger partial charge on any atom is -0.489 e. The summed E-state index contributed by atoms with van der Waals surface area (Å²) in [6.07, 6.45) is 1.43. The number of amides is 1. The topological polar surface area (TPSA) is 79.4 Å². The number of halogens is 2. The summed E-state index contributed by atoms with van der Waals surface area (Å²) >= 11 is 5.90. The van der Waals surface area contributed by atoms with Gasteiger partial charge in [-0.15, -0.1) is 0 Å². The van der Waals surface area contributed by atoms with Gasteiger partial charge in [-0.2, -0.15) is 10.2 Å². The summed E-state index contributed by atoms with van der Waals surface area (Å²) in [5, 5.41) is 11.5. The van der Waals surface area contributed by atoms with Crippen LogP contribution in [0.4, 0.5) is 4.39 Å². The molecule has 0 fully saturated rings. The first-order valence-electron chi connectivity index (χ1n) is 9.69. The number of aromatic amines is 1. The molecule has 3 aromatic carbocycles. The van der Waals surface area contributed by atoms with Gasteiger partial charge < -0.3 is 4.74 Å². The highest BCUT2D eigenvalue weighted by Gasteiger charge is 2.11. The summed E-state index contributed by atoms with van der Waals surface area (Å²) in [6.45, 7) is 0.404. The Morgan fingerprint density at radius 3 is 2.66 bits per heavy atom. The molecule has 1 heterocycles. The predicted molar refractivity (Wildman–Crippen MR) is 121 cm³/mol. The third-order valence-electron chi connectivity index (χ3n) is 4.52. The van der Waals surface area contributed by atoms with E-state index < -0.39 is 5.91 Å². The van der Waals surface area contributed by atoms with Crippen LogP contribution in [-0.4, -0.2) is 22.3 Å². The zero-order valence-corrected chi connectivity index (χ0v) is 17.5. The van der Waals surface area contributed by atoms with Crippen LogP contribution in [0, 0.1) is 5.82 Å². The third kappa shape index (κ3) is 5.59. The first-order chi connectivity index (χ1) is 15.6. The number of benzene rings is 3. The zero-order valence-electron chi connectivity index (χ0n) is 16.8. The molecule has 0 bridgehead atoms. The Bertz CT molecular complexity index is 1240. The van der Waals surface area contributed by atoms with Crippen molar-refractivity contribution in [3.63, 3.8) is 0 Å². The summed E-state index contributed by atoms with van der Waals surface area (Å²) in [4.78, 5) is 12.3. The quantitative estimate of drug-likeness (QED) is 0.301. The molecule has 4 rings (SSSR count).